The Morgan fingerprint density at radius 1 is 0.815 bits per heavy atom. The summed E-state index contributed by atoms with van der Waals surface area (Å²) < 4.78 is 7.01. The molecule has 27 heavy (non-hydrogen) atoms. The molecule has 0 bridgehead atoms. The van der Waals surface area contributed by atoms with Crippen molar-refractivity contribution >= 4 is 46.2 Å². The van der Waals surface area contributed by atoms with Gasteiger partial charge in [-0.15, -0.1) is 0 Å². The fourth-order valence-electron chi connectivity index (χ4n) is 3.56. The Hall–Kier alpha value is -1.39. The van der Waals surface area contributed by atoms with Crippen LogP contribution in [0.25, 0.3) is 0 Å². The van der Waals surface area contributed by atoms with Gasteiger partial charge in [-0.1, -0.05) is 121 Å². The summed E-state index contributed by atoms with van der Waals surface area (Å²) in [6, 6.07) is 29.1. The van der Waals surface area contributed by atoms with E-state index in [1.807, 2.05) is 24.3 Å². The summed E-state index contributed by atoms with van der Waals surface area (Å²) in [4.78, 5) is 0. The van der Waals surface area contributed by atoms with Crippen LogP contribution in [0.4, 0.5) is 0 Å². The Morgan fingerprint density at radius 2 is 1.33 bits per heavy atom. The third kappa shape index (κ3) is 4.22. The van der Waals surface area contributed by atoms with Crippen LogP contribution in [-0.4, -0.2) is 8.32 Å². The lowest BCUT2D eigenvalue weighted by Gasteiger charge is -2.44. The molecule has 140 valence electrons. The molecule has 0 saturated carbocycles. The Bertz CT molecular complexity index is 838. The van der Waals surface area contributed by atoms with Crippen molar-refractivity contribution in [1.29, 1.82) is 0 Å². The smallest absolute Gasteiger partial charge is 0.263 e. The summed E-state index contributed by atoms with van der Waals surface area (Å²) >= 11 is 10.0. The van der Waals surface area contributed by atoms with Gasteiger partial charge in [-0.2, -0.15) is 0 Å². The van der Waals surface area contributed by atoms with E-state index in [0.717, 1.165) is 5.56 Å². The molecule has 0 aliphatic carbocycles. The van der Waals surface area contributed by atoms with E-state index in [9.17, 15) is 0 Å². The normalized spacial score (nSPS) is 13.4. The zero-order valence-electron chi connectivity index (χ0n) is 15.8. The van der Waals surface area contributed by atoms with Crippen LogP contribution in [0.15, 0.2) is 84.9 Å². The van der Waals surface area contributed by atoms with E-state index in [0.29, 0.717) is 5.02 Å². The van der Waals surface area contributed by atoms with E-state index >= 15 is 0 Å². The molecule has 1 nitrogen and oxygen atoms in total. The number of alkyl halides is 1. The van der Waals surface area contributed by atoms with Gasteiger partial charge in [0.1, 0.15) is 5.01 Å². The van der Waals surface area contributed by atoms with Crippen LogP contribution in [-0.2, 0) is 4.43 Å². The van der Waals surface area contributed by atoms with E-state index in [-0.39, 0.29) is 10.1 Å². The van der Waals surface area contributed by atoms with Gasteiger partial charge < -0.3 is 4.43 Å². The van der Waals surface area contributed by atoms with Crippen LogP contribution in [0, 0.1) is 0 Å². The first-order valence-corrected chi connectivity index (χ1v) is 12.2. The number of rotatable bonds is 5. The molecule has 0 fully saturated rings. The first-order chi connectivity index (χ1) is 12.8. The lowest BCUT2D eigenvalue weighted by atomic mass is 10.2. The van der Waals surface area contributed by atoms with Crippen molar-refractivity contribution in [1.82, 2.24) is 0 Å². The Labute approximate surface area is 176 Å². The predicted octanol–water partition coefficient (Wildman–Crippen LogP) is 6.31. The number of hydrogen-bond donors (Lipinski definition) is 0. The SMILES string of the molecule is CC(C)(C)[Si](OC(Br)c1cccc(Cl)c1)(c1ccccc1)c1ccccc1. The Morgan fingerprint density at radius 3 is 1.78 bits per heavy atom. The second kappa shape index (κ2) is 8.32. The highest BCUT2D eigenvalue weighted by atomic mass is 79.9. The molecule has 3 aromatic carbocycles. The molecular weight excluding hydrogens is 436 g/mol. The fourth-order valence-corrected chi connectivity index (χ4v) is 9.35. The molecule has 4 heteroatoms. The van der Waals surface area contributed by atoms with Crippen LogP contribution in [0.1, 0.15) is 31.3 Å². The summed E-state index contributed by atoms with van der Waals surface area (Å²) in [5.41, 5.74) is 1.02. The van der Waals surface area contributed by atoms with E-state index in [1.54, 1.807) is 0 Å². The molecule has 1 atom stereocenters. The van der Waals surface area contributed by atoms with Crippen LogP contribution >= 0.6 is 27.5 Å². The average molecular weight is 460 g/mol. The number of halogens is 2. The molecular formula is C23H24BrClOSi. The molecule has 0 aromatic heterocycles. The quantitative estimate of drug-likeness (QED) is 0.321. The summed E-state index contributed by atoms with van der Waals surface area (Å²) in [5, 5.41) is 2.91. The van der Waals surface area contributed by atoms with Gasteiger partial charge in [0.05, 0.1) is 0 Å². The van der Waals surface area contributed by atoms with Gasteiger partial charge in [0, 0.05) is 5.02 Å². The zero-order chi connectivity index (χ0) is 19.5. The highest BCUT2D eigenvalue weighted by Gasteiger charge is 2.51. The number of hydrogen-bond acceptors (Lipinski definition) is 1. The van der Waals surface area contributed by atoms with Crippen molar-refractivity contribution in [3.63, 3.8) is 0 Å². The Kier molecular flexibility index (Phi) is 6.27. The second-order valence-electron chi connectivity index (χ2n) is 7.65. The number of benzene rings is 3. The lowest BCUT2D eigenvalue weighted by molar-refractivity contribution is 0.282. The second-order valence-corrected chi connectivity index (χ2v) is 13.2. The maximum absolute atomic E-state index is 7.01. The topological polar surface area (TPSA) is 9.23 Å². The summed E-state index contributed by atoms with van der Waals surface area (Å²) in [7, 11) is -2.60. The predicted molar refractivity (Wildman–Crippen MR) is 122 cm³/mol. The molecule has 3 rings (SSSR count). The van der Waals surface area contributed by atoms with Crippen molar-refractivity contribution in [2.45, 2.75) is 30.8 Å². The largest absolute Gasteiger partial charge is 0.391 e. The zero-order valence-corrected chi connectivity index (χ0v) is 19.2. The molecule has 1 unspecified atom stereocenters. The van der Waals surface area contributed by atoms with E-state index in [1.165, 1.54) is 10.4 Å². The van der Waals surface area contributed by atoms with Crippen molar-refractivity contribution in [2.75, 3.05) is 0 Å². The van der Waals surface area contributed by atoms with Crippen LogP contribution in [0.2, 0.25) is 10.1 Å². The third-order valence-electron chi connectivity index (χ3n) is 4.81. The molecule has 3 aromatic rings. The minimum atomic E-state index is -2.60. The van der Waals surface area contributed by atoms with Gasteiger partial charge in [-0.25, -0.2) is 0 Å². The highest BCUT2D eigenvalue weighted by Crippen LogP contribution is 2.41. The standard InChI is InChI=1S/C23H24BrClOSi/c1-23(2,3)27(20-13-6-4-7-14-20,21-15-8-5-9-16-21)26-22(24)18-11-10-12-19(25)17-18/h4-17,22H,1-3H3. The van der Waals surface area contributed by atoms with E-state index in [4.69, 9.17) is 16.0 Å². The lowest BCUT2D eigenvalue weighted by Crippen LogP contribution is -2.66. The molecule has 0 N–H and O–H groups in total. The van der Waals surface area contributed by atoms with Gasteiger partial charge in [0.15, 0.2) is 0 Å². The summed E-state index contributed by atoms with van der Waals surface area (Å²) in [5.74, 6) is 0. The summed E-state index contributed by atoms with van der Waals surface area (Å²) in [6.07, 6.45) is 0. The van der Waals surface area contributed by atoms with E-state index in [2.05, 4.69) is 97.4 Å². The van der Waals surface area contributed by atoms with Crippen molar-refractivity contribution in [2.24, 2.45) is 0 Å². The molecule has 0 radical (unpaired) electrons. The van der Waals surface area contributed by atoms with Gasteiger partial charge in [-0.3, -0.25) is 0 Å². The molecule has 0 heterocycles. The summed E-state index contributed by atoms with van der Waals surface area (Å²) in [6.45, 7) is 6.82. The van der Waals surface area contributed by atoms with Gasteiger partial charge in [0.25, 0.3) is 8.32 Å². The molecule has 0 aliphatic rings. The first kappa shape index (κ1) is 20.3. The maximum Gasteiger partial charge on any atom is 0.263 e. The average Bonchev–Trinajstić information content (AvgIpc) is 2.66. The van der Waals surface area contributed by atoms with Crippen molar-refractivity contribution in [3.8, 4) is 0 Å². The molecule has 0 aliphatic heterocycles. The Balaban J connectivity index is 2.17. The first-order valence-electron chi connectivity index (χ1n) is 9.03. The molecule has 0 spiro atoms. The van der Waals surface area contributed by atoms with Gasteiger partial charge in [0.2, 0.25) is 0 Å². The maximum atomic E-state index is 7.01. The van der Waals surface area contributed by atoms with Crippen molar-refractivity contribution < 1.29 is 4.43 Å². The molecule has 0 saturated heterocycles. The third-order valence-corrected chi connectivity index (χ3v) is 11.1. The van der Waals surface area contributed by atoms with Gasteiger partial charge >= 0.3 is 0 Å². The van der Waals surface area contributed by atoms with Crippen molar-refractivity contribution in [3.05, 3.63) is 95.5 Å². The highest BCUT2D eigenvalue weighted by molar-refractivity contribution is 9.09. The van der Waals surface area contributed by atoms with E-state index < -0.39 is 8.32 Å². The van der Waals surface area contributed by atoms with Crippen LogP contribution in [0.5, 0.6) is 0 Å². The fraction of sp³-hybridized carbons (Fsp3) is 0.217. The van der Waals surface area contributed by atoms with Crippen LogP contribution in [0.3, 0.4) is 0 Å². The minimum absolute atomic E-state index is 0.0691. The monoisotopic (exact) mass is 458 g/mol. The molecule has 0 amide bonds. The van der Waals surface area contributed by atoms with Crippen LogP contribution < -0.4 is 10.4 Å². The van der Waals surface area contributed by atoms with Gasteiger partial charge in [-0.05, 0) is 33.1 Å². The minimum Gasteiger partial charge on any atom is -0.391 e.